The largest absolute Gasteiger partial charge is 0.351 e. The first-order valence-corrected chi connectivity index (χ1v) is 7.86. The molecule has 0 saturated heterocycles. The summed E-state index contributed by atoms with van der Waals surface area (Å²) in [6.45, 7) is 4.13. The van der Waals surface area contributed by atoms with Crippen molar-refractivity contribution in [1.29, 1.82) is 0 Å². The molecule has 116 valence electrons. The average molecular weight is 317 g/mol. The fourth-order valence-electron chi connectivity index (χ4n) is 2.14. The van der Waals surface area contributed by atoms with Gasteiger partial charge in [0.25, 0.3) is 5.91 Å². The van der Waals surface area contributed by atoms with Crippen LogP contribution in [0, 0.1) is 5.92 Å². The lowest BCUT2D eigenvalue weighted by molar-refractivity contribution is 0.0926. The van der Waals surface area contributed by atoms with Crippen molar-refractivity contribution < 1.29 is 9.59 Å². The van der Waals surface area contributed by atoms with Crippen LogP contribution in [-0.2, 0) is 0 Å². The van der Waals surface area contributed by atoms with Gasteiger partial charge in [-0.05, 0) is 35.6 Å². The van der Waals surface area contributed by atoms with E-state index in [-0.39, 0.29) is 17.9 Å². The van der Waals surface area contributed by atoms with Gasteiger partial charge in [-0.1, -0.05) is 26.0 Å². The lowest BCUT2D eigenvalue weighted by Crippen LogP contribution is -2.31. The Morgan fingerprint density at radius 1 is 1.18 bits per heavy atom. The van der Waals surface area contributed by atoms with Gasteiger partial charge in [-0.3, -0.25) is 4.79 Å². The number of anilines is 1. The molecule has 0 radical (unpaired) electrons. The summed E-state index contributed by atoms with van der Waals surface area (Å²) in [5, 5.41) is 7.50. The highest BCUT2D eigenvalue weighted by atomic mass is 32.1. The first-order chi connectivity index (χ1) is 10.5. The monoisotopic (exact) mass is 317 g/mol. The summed E-state index contributed by atoms with van der Waals surface area (Å²) in [4.78, 5) is 24.4. The molecule has 0 aliphatic heterocycles. The molecule has 2 aromatic rings. The van der Waals surface area contributed by atoms with Crippen molar-refractivity contribution in [1.82, 2.24) is 5.32 Å². The molecule has 0 unspecified atom stereocenters. The van der Waals surface area contributed by atoms with Crippen LogP contribution in [0.2, 0.25) is 0 Å². The van der Waals surface area contributed by atoms with E-state index in [1.54, 1.807) is 35.6 Å². The SMILES string of the molecule is CC(C)[C@@H](NC(=O)c1cccc(NC(N)=O)c1)c1cccs1. The van der Waals surface area contributed by atoms with Gasteiger partial charge < -0.3 is 16.4 Å². The van der Waals surface area contributed by atoms with Crippen LogP contribution in [0.15, 0.2) is 41.8 Å². The number of carbonyl (C=O) groups is 2. The Morgan fingerprint density at radius 3 is 2.55 bits per heavy atom. The number of thiophene rings is 1. The number of amides is 3. The molecule has 0 fully saturated rings. The van der Waals surface area contributed by atoms with Gasteiger partial charge in [0.2, 0.25) is 0 Å². The van der Waals surface area contributed by atoms with Crippen molar-refractivity contribution in [3.8, 4) is 0 Å². The van der Waals surface area contributed by atoms with Crippen LogP contribution in [-0.4, -0.2) is 11.9 Å². The van der Waals surface area contributed by atoms with E-state index in [0.717, 1.165) is 4.88 Å². The first kappa shape index (κ1) is 16.0. The number of nitrogens with two attached hydrogens (primary N) is 1. The van der Waals surface area contributed by atoms with Crippen molar-refractivity contribution in [2.75, 3.05) is 5.32 Å². The Bertz CT molecular complexity index is 653. The summed E-state index contributed by atoms with van der Waals surface area (Å²) >= 11 is 1.62. The number of nitrogens with one attached hydrogen (secondary N) is 2. The maximum atomic E-state index is 12.4. The molecule has 1 atom stereocenters. The van der Waals surface area contributed by atoms with Crippen LogP contribution in [0.4, 0.5) is 10.5 Å². The fourth-order valence-corrected chi connectivity index (χ4v) is 3.09. The van der Waals surface area contributed by atoms with Crippen LogP contribution >= 0.6 is 11.3 Å². The minimum absolute atomic E-state index is 0.0414. The molecule has 4 N–H and O–H groups in total. The van der Waals surface area contributed by atoms with Crippen molar-refractivity contribution in [2.45, 2.75) is 19.9 Å². The second-order valence-corrected chi connectivity index (χ2v) is 6.26. The van der Waals surface area contributed by atoms with Crippen molar-refractivity contribution in [2.24, 2.45) is 11.7 Å². The third-order valence-electron chi connectivity index (χ3n) is 3.20. The molecular weight excluding hydrogens is 298 g/mol. The molecule has 22 heavy (non-hydrogen) atoms. The third-order valence-corrected chi connectivity index (χ3v) is 4.15. The number of urea groups is 1. The zero-order valence-electron chi connectivity index (χ0n) is 12.5. The summed E-state index contributed by atoms with van der Waals surface area (Å²) in [6, 6.07) is 9.98. The van der Waals surface area contributed by atoms with Crippen molar-refractivity contribution in [3.05, 3.63) is 52.2 Å². The molecule has 1 aromatic carbocycles. The zero-order chi connectivity index (χ0) is 16.1. The Hall–Kier alpha value is -2.34. The normalized spacial score (nSPS) is 12.0. The molecule has 0 bridgehead atoms. The van der Waals surface area contributed by atoms with E-state index >= 15 is 0 Å². The maximum absolute atomic E-state index is 12.4. The minimum Gasteiger partial charge on any atom is -0.351 e. The van der Waals surface area contributed by atoms with Crippen LogP contribution in [0.1, 0.15) is 35.1 Å². The second kappa shape index (κ2) is 7.09. The van der Waals surface area contributed by atoms with Gasteiger partial charge in [0.1, 0.15) is 0 Å². The molecule has 0 saturated carbocycles. The van der Waals surface area contributed by atoms with E-state index in [4.69, 9.17) is 5.73 Å². The minimum atomic E-state index is -0.656. The number of hydrogen-bond acceptors (Lipinski definition) is 3. The summed E-state index contributed by atoms with van der Waals surface area (Å²) in [7, 11) is 0. The Morgan fingerprint density at radius 2 is 1.95 bits per heavy atom. The Labute approximate surface area is 133 Å². The molecule has 6 heteroatoms. The Balaban J connectivity index is 2.15. The Kier molecular flexibility index (Phi) is 5.16. The highest BCUT2D eigenvalue weighted by molar-refractivity contribution is 7.10. The van der Waals surface area contributed by atoms with E-state index in [0.29, 0.717) is 11.3 Å². The number of rotatable bonds is 5. The molecule has 3 amide bonds. The van der Waals surface area contributed by atoms with E-state index in [1.807, 2.05) is 17.5 Å². The fraction of sp³-hybridized carbons (Fsp3) is 0.250. The van der Waals surface area contributed by atoms with Gasteiger partial charge >= 0.3 is 6.03 Å². The molecule has 0 aliphatic rings. The van der Waals surface area contributed by atoms with Gasteiger partial charge in [0.15, 0.2) is 0 Å². The predicted molar refractivity (Wildman–Crippen MR) is 89.0 cm³/mol. The predicted octanol–water partition coefficient (Wildman–Crippen LogP) is 3.37. The van der Waals surface area contributed by atoms with Crippen LogP contribution < -0.4 is 16.4 Å². The molecule has 1 aromatic heterocycles. The van der Waals surface area contributed by atoms with Crippen LogP contribution in [0.5, 0.6) is 0 Å². The van der Waals surface area contributed by atoms with Crippen LogP contribution in [0.3, 0.4) is 0 Å². The molecule has 1 heterocycles. The van der Waals surface area contributed by atoms with Crippen molar-refractivity contribution >= 4 is 29.0 Å². The van der Waals surface area contributed by atoms with Gasteiger partial charge in [0.05, 0.1) is 6.04 Å². The van der Waals surface area contributed by atoms with E-state index < -0.39 is 6.03 Å². The zero-order valence-corrected chi connectivity index (χ0v) is 13.3. The lowest BCUT2D eigenvalue weighted by Gasteiger charge is -2.21. The van der Waals surface area contributed by atoms with Crippen molar-refractivity contribution in [3.63, 3.8) is 0 Å². The van der Waals surface area contributed by atoms with Gasteiger partial charge in [-0.15, -0.1) is 11.3 Å². The van der Waals surface area contributed by atoms with E-state index in [1.165, 1.54) is 0 Å². The highest BCUT2D eigenvalue weighted by Crippen LogP contribution is 2.26. The number of primary amides is 1. The van der Waals surface area contributed by atoms with Gasteiger partial charge in [0, 0.05) is 16.1 Å². The second-order valence-electron chi connectivity index (χ2n) is 5.28. The molecule has 5 nitrogen and oxygen atoms in total. The summed E-state index contributed by atoms with van der Waals surface area (Å²) in [5.74, 6) is 0.0924. The molecular formula is C16H19N3O2S. The molecule has 0 aliphatic carbocycles. The average Bonchev–Trinajstić information content (AvgIpc) is 2.97. The third kappa shape index (κ3) is 4.08. The number of hydrogen-bond donors (Lipinski definition) is 3. The highest BCUT2D eigenvalue weighted by Gasteiger charge is 2.20. The molecule has 2 rings (SSSR count). The quantitative estimate of drug-likeness (QED) is 0.790. The lowest BCUT2D eigenvalue weighted by atomic mass is 10.0. The summed E-state index contributed by atoms with van der Waals surface area (Å²) in [6.07, 6.45) is 0. The summed E-state index contributed by atoms with van der Waals surface area (Å²) < 4.78 is 0. The van der Waals surface area contributed by atoms with E-state index in [9.17, 15) is 9.59 Å². The first-order valence-electron chi connectivity index (χ1n) is 6.98. The van der Waals surface area contributed by atoms with Gasteiger partial charge in [-0.25, -0.2) is 4.79 Å². The smallest absolute Gasteiger partial charge is 0.316 e. The number of carbonyl (C=O) groups excluding carboxylic acids is 2. The summed E-state index contributed by atoms with van der Waals surface area (Å²) in [5.41, 5.74) is 6.06. The number of benzene rings is 1. The van der Waals surface area contributed by atoms with E-state index in [2.05, 4.69) is 24.5 Å². The maximum Gasteiger partial charge on any atom is 0.316 e. The topological polar surface area (TPSA) is 84.2 Å². The molecule has 0 spiro atoms. The van der Waals surface area contributed by atoms with Gasteiger partial charge in [-0.2, -0.15) is 0 Å². The standard InChI is InChI=1S/C16H19N3O2S/c1-10(2)14(13-7-4-8-22-13)19-15(20)11-5-3-6-12(9-11)18-16(17)21/h3-10,14H,1-2H3,(H,19,20)(H3,17,18,21)/t14-/m1/s1. The van der Waals surface area contributed by atoms with Crippen LogP contribution in [0.25, 0.3) is 0 Å².